The minimum absolute atomic E-state index is 0.297. The molecule has 0 radical (unpaired) electrons. The highest BCUT2D eigenvalue weighted by atomic mass is 16.3. The zero-order valence-electron chi connectivity index (χ0n) is 13.3. The van der Waals surface area contributed by atoms with Crippen molar-refractivity contribution in [3.05, 3.63) is 60.1 Å². The number of nitrogens with one attached hydrogen (secondary N) is 1. The first-order valence-corrected chi connectivity index (χ1v) is 7.80. The molecule has 0 bridgehead atoms. The molecule has 3 nitrogen and oxygen atoms in total. The first-order valence-electron chi connectivity index (χ1n) is 7.80. The first-order chi connectivity index (χ1) is 10.3. The van der Waals surface area contributed by atoms with Crippen LogP contribution < -0.4 is 5.32 Å². The molecule has 21 heavy (non-hydrogen) atoms. The summed E-state index contributed by atoms with van der Waals surface area (Å²) in [6.45, 7) is 9.65. The Balaban J connectivity index is 2.06. The summed E-state index contributed by atoms with van der Waals surface area (Å²) in [5, 5.41) is 3.63. The SMILES string of the molecule is CCN(CC)C(CNC(C)c1ccoc1)c1ccccc1. The first kappa shape index (κ1) is 15.8. The van der Waals surface area contributed by atoms with Crippen molar-refractivity contribution in [1.29, 1.82) is 0 Å². The van der Waals surface area contributed by atoms with E-state index < -0.39 is 0 Å². The molecule has 1 N–H and O–H groups in total. The van der Waals surface area contributed by atoms with Crippen molar-refractivity contribution < 1.29 is 4.42 Å². The Morgan fingerprint density at radius 3 is 2.33 bits per heavy atom. The fourth-order valence-electron chi connectivity index (χ4n) is 2.72. The molecule has 2 rings (SSSR count). The maximum atomic E-state index is 5.17. The van der Waals surface area contributed by atoms with Gasteiger partial charge in [-0.1, -0.05) is 44.2 Å². The Morgan fingerprint density at radius 2 is 1.76 bits per heavy atom. The maximum absolute atomic E-state index is 5.17. The van der Waals surface area contributed by atoms with Gasteiger partial charge in [0.05, 0.1) is 12.5 Å². The molecule has 1 aromatic heterocycles. The van der Waals surface area contributed by atoms with Crippen molar-refractivity contribution in [3.63, 3.8) is 0 Å². The van der Waals surface area contributed by atoms with Gasteiger partial charge in [0.1, 0.15) is 0 Å². The molecule has 2 aromatic rings. The Hall–Kier alpha value is -1.58. The van der Waals surface area contributed by atoms with E-state index in [-0.39, 0.29) is 0 Å². The van der Waals surface area contributed by atoms with Gasteiger partial charge in [-0.25, -0.2) is 0 Å². The van der Waals surface area contributed by atoms with E-state index in [1.54, 1.807) is 6.26 Å². The Labute approximate surface area is 128 Å². The normalized spacial score (nSPS) is 14.3. The molecule has 0 aliphatic carbocycles. The molecular weight excluding hydrogens is 260 g/mol. The molecule has 1 heterocycles. The maximum Gasteiger partial charge on any atom is 0.0950 e. The van der Waals surface area contributed by atoms with Crippen molar-refractivity contribution in [2.24, 2.45) is 0 Å². The Bertz CT molecular complexity index is 491. The van der Waals surface area contributed by atoms with Crippen molar-refractivity contribution in [2.75, 3.05) is 19.6 Å². The van der Waals surface area contributed by atoms with Crippen molar-refractivity contribution in [2.45, 2.75) is 32.9 Å². The van der Waals surface area contributed by atoms with E-state index in [1.165, 1.54) is 11.1 Å². The van der Waals surface area contributed by atoms with Gasteiger partial charge in [-0.15, -0.1) is 0 Å². The monoisotopic (exact) mass is 286 g/mol. The fraction of sp³-hybridized carbons (Fsp3) is 0.444. The molecule has 2 atom stereocenters. The van der Waals surface area contributed by atoms with Crippen LogP contribution in [-0.4, -0.2) is 24.5 Å². The van der Waals surface area contributed by atoms with Crippen molar-refractivity contribution >= 4 is 0 Å². The number of hydrogen-bond acceptors (Lipinski definition) is 3. The van der Waals surface area contributed by atoms with Gasteiger partial charge >= 0.3 is 0 Å². The van der Waals surface area contributed by atoms with Crippen LogP contribution in [0.15, 0.2) is 53.3 Å². The van der Waals surface area contributed by atoms with Crippen LogP contribution in [0.4, 0.5) is 0 Å². The average Bonchev–Trinajstić information content (AvgIpc) is 3.06. The van der Waals surface area contributed by atoms with Crippen LogP contribution in [0.3, 0.4) is 0 Å². The smallest absolute Gasteiger partial charge is 0.0950 e. The largest absolute Gasteiger partial charge is 0.472 e. The molecule has 114 valence electrons. The van der Waals surface area contributed by atoms with E-state index in [0.717, 1.165) is 19.6 Å². The van der Waals surface area contributed by atoms with Gasteiger partial charge in [0.15, 0.2) is 0 Å². The van der Waals surface area contributed by atoms with E-state index in [4.69, 9.17) is 4.42 Å². The minimum atomic E-state index is 0.297. The third-order valence-corrected chi connectivity index (χ3v) is 4.10. The van der Waals surface area contributed by atoms with Crippen LogP contribution in [0, 0.1) is 0 Å². The molecular formula is C18H26N2O. The van der Waals surface area contributed by atoms with Crippen molar-refractivity contribution in [3.8, 4) is 0 Å². The Morgan fingerprint density at radius 1 is 1.05 bits per heavy atom. The summed E-state index contributed by atoms with van der Waals surface area (Å²) in [6, 6.07) is 13.5. The molecule has 0 amide bonds. The Kier molecular flexibility index (Phi) is 6.03. The van der Waals surface area contributed by atoms with Crippen LogP contribution in [0.1, 0.15) is 44.0 Å². The third-order valence-electron chi connectivity index (χ3n) is 4.10. The number of benzene rings is 1. The second-order valence-electron chi connectivity index (χ2n) is 5.33. The number of rotatable bonds is 8. The summed E-state index contributed by atoms with van der Waals surface area (Å²) in [4.78, 5) is 2.49. The van der Waals surface area contributed by atoms with E-state index in [9.17, 15) is 0 Å². The van der Waals surface area contributed by atoms with Gasteiger partial charge in [-0.05, 0) is 31.6 Å². The molecule has 3 heteroatoms. The molecule has 0 saturated heterocycles. The summed E-state index contributed by atoms with van der Waals surface area (Å²) in [5.74, 6) is 0. The van der Waals surface area contributed by atoms with Crippen LogP contribution in [0.5, 0.6) is 0 Å². The number of nitrogens with zero attached hydrogens (tertiary/aromatic N) is 1. The molecule has 0 aliphatic heterocycles. The number of likely N-dealkylation sites (N-methyl/N-ethyl adjacent to an activating group) is 1. The summed E-state index contributed by atoms with van der Waals surface area (Å²) >= 11 is 0. The molecule has 0 spiro atoms. The van der Waals surface area contributed by atoms with Gasteiger partial charge in [-0.2, -0.15) is 0 Å². The van der Waals surface area contributed by atoms with E-state index in [0.29, 0.717) is 12.1 Å². The van der Waals surface area contributed by atoms with Crippen LogP contribution in [-0.2, 0) is 0 Å². The summed E-state index contributed by atoms with van der Waals surface area (Å²) in [7, 11) is 0. The third kappa shape index (κ3) is 4.19. The molecule has 2 unspecified atom stereocenters. The van der Waals surface area contributed by atoms with E-state index in [1.807, 2.05) is 12.3 Å². The zero-order chi connectivity index (χ0) is 15.1. The summed E-state index contributed by atoms with van der Waals surface area (Å²) in [5.41, 5.74) is 2.56. The van der Waals surface area contributed by atoms with Gasteiger partial charge in [-0.3, -0.25) is 4.90 Å². The highest BCUT2D eigenvalue weighted by Crippen LogP contribution is 2.21. The molecule has 0 aliphatic rings. The lowest BCUT2D eigenvalue weighted by Crippen LogP contribution is -2.36. The lowest BCUT2D eigenvalue weighted by Gasteiger charge is -2.31. The topological polar surface area (TPSA) is 28.4 Å². The number of hydrogen-bond donors (Lipinski definition) is 1. The zero-order valence-corrected chi connectivity index (χ0v) is 13.3. The van der Waals surface area contributed by atoms with Gasteiger partial charge in [0.2, 0.25) is 0 Å². The number of furan rings is 1. The predicted molar refractivity (Wildman–Crippen MR) is 87.2 cm³/mol. The predicted octanol–water partition coefficient (Wildman–Crippen LogP) is 4.01. The molecule has 1 aromatic carbocycles. The average molecular weight is 286 g/mol. The highest BCUT2D eigenvalue weighted by molar-refractivity contribution is 5.20. The highest BCUT2D eigenvalue weighted by Gasteiger charge is 2.18. The quantitative estimate of drug-likeness (QED) is 0.794. The molecule has 0 fully saturated rings. The fourth-order valence-corrected chi connectivity index (χ4v) is 2.72. The van der Waals surface area contributed by atoms with Gasteiger partial charge in [0, 0.05) is 24.2 Å². The van der Waals surface area contributed by atoms with Crippen molar-refractivity contribution in [1.82, 2.24) is 10.2 Å². The van der Waals surface area contributed by atoms with Crippen LogP contribution >= 0.6 is 0 Å². The molecule has 0 saturated carbocycles. The minimum Gasteiger partial charge on any atom is -0.472 e. The summed E-state index contributed by atoms with van der Waals surface area (Å²) in [6.07, 6.45) is 3.54. The second kappa shape index (κ2) is 8.01. The van der Waals surface area contributed by atoms with Crippen LogP contribution in [0.25, 0.3) is 0 Å². The second-order valence-corrected chi connectivity index (χ2v) is 5.33. The van der Waals surface area contributed by atoms with E-state index in [2.05, 4.69) is 61.3 Å². The lowest BCUT2D eigenvalue weighted by molar-refractivity contribution is 0.209. The summed E-state index contributed by atoms with van der Waals surface area (Å²) < 4.78 is 5.17. The lowest BCUT2D eigenvalue weighted by atomic mass is 10.0. The van der Waals surface area contributed by atoms with Gasteiger partial charge < -0.3 is 9.73 Å². The van der Waals surface area contributed by atoms with Crippen LogP contribution in [0.2, 0.25) is 0 Å². The standard InChI is InChI=1S/C18H26N2O/c1-4-20(5-2)18(16-9-7-6-8-10-16)13-19-15(3)17-11-12-21-14-17/h6-12,14-15,18-19H,4-5,13H2,1-3H3. The van der Waals surface area contributed by atoms with Gasteiger partial charge in [0.25, 0.3) is 0 Å². The van der Waals surface area contributed by atoms with E-state index >= 15 is 0 Å².